The molecular weight excluding hydrogens is 471 g/mol. The first-order chi connectivity index (χ1) is 16.5. The van der Waals surface area contributed by atoms with Crippen LogP contribution in [-0.2, 0) is 22.9 Å². The van der Waals surface area contributed by atoms with Crippen LogP contribution < -0.4 is 10.0 Å². The van der Waals surface area contributed by atoms with E-state index in [9.17, 15) is 5.11 Å². The van der Waals surface area contributed by atoms with Crippen molar-refractivity contribution in [2.75, 3.05) is 7.11 Å². The molecule has 0 fully saturated rings. The summed E-state index contributed by atoms with van der Waals surface area (Å²) in [6.45, 7) is 35.0. The van der Waals surface area contributed by atoms with E-state index in [4.69, 9.17) is 4.74 Å². The Balaban J connectivity index is 3.38. The first-order valence-electron chi connectivity index (χ1n) is 13.8. The van der Waals surface area contributed by atoms with Crippen LogP contribution >= 0.6 is 7.92 Å². The third kappa shape index (κ3) is 6.80. The Bertz CT molecular complexity index is 1060. The van der Waals surface area contributed by atoms with E-state index in [1.807, 2.05) is 0 Å². The van der Waals surface area contributed by atoms with E-state index in [1.165, 1.54) is 33.1 Å². The van der Waals surface area contributed by atoms with Gasteiger partial charge < -0.3 is 9.84 Å². The second kappa shape index (κ2) is 10.3. The maximum atomic E-state index is 10.8. The Morgan fingerprint density at radius 3 is 1.38 bits per heavy atom. The minimum absolute atomic E-state index is 0.00201. The van der Waals surface area contributed by atoms with E-state index in [0.29, 0.717) is 0 Å². The largest absolute Gasteiger partial charge is 0.496 e. The lowest BCUT2D eigenvalue weighted by Crippen LogP contribution is -2.34. The van der Waals surface area contributed by atoms with Gasteiger partial charge >= 0.3 is 0 Å². The van der Waals surface area contributed by atoms with Gasteiger partial charge in [-0.05, 0) is 66.0 Å². The van der Waals surface area contributed by atoms with Gasteiger partial charge in [-0.3, -0.25) is 0 Å². The van der Waals surface area contributed by atoms with Crippen molar-refractivity contribution in [3.8, 4) is 16.9 Å². The molecule has 37 heavy (non-hydrogen) atoms. The number of aliphatic hydroxyl groups is 1. The highest BCUT2D eigenvalue weighted by atomic mass is 31.1. The Morgan fingerprint density at radius 2 is 1.08 bits per heavy atom. The van der Waals surface area contributed by atoms with Gasteiger partial charge in [-0.25, -0.2) is 0 Å². The highest BCUT2D eigenvalue weighted by molar-refractivity contribution is 7.69. The van der Waals surface area contributed by atoms with Crippen LogP contribution in [0, 0.1) is 0 Å². The third-order valence-electron chi connectivity index (χ3n) is 7.05. The van der Waals surface area contributed by atoms with Crippen LogP contribution in [0.2, 0.25) is 0 Å². The van der Waals surface area contributed by atoms with Crippen LogP contribution in [0.4, 0.5) is 0 Å². The summed E-state index contributed by atoms with van der Waals surface area (Å²) in [6.07, 6.45) is 0. The molecule has 0 amide bonds. The maximum Gasteiger partial charge on any atom is 0.127 e. The Kier molecular flexibility index (Phi) is 8.87. The van der Waals surface area contributed by atoms with Crippen molar-refractivity contribution in [3.05, 3.63) is 46.5 Å². The minimum atomic E-state index is -0.694. The predicted octanol–water partition coefficient (Wildman–Crippen LogP) is 9.45. The highest BCUT2D eigenvalue weighted by Crippen LogP contribution is 2.62. The van der Waals surface area contributed by atoms with Crippen molar-refractivity contribution in [3.63, 3.8) is 0 Å². The van der Waals surface area contributed by atoms with Crippen molar-refractivity contribution >= 4 is 13.2 Å². The van der Waals surface area contributed by atoms with E-state index < -0.39 is 7.92 Å². The van der Waals surface area contributed by atoms with Gasteiger partial charge in [0.15, 0.2) is 0 Å². The van der Waals surface area contributed by atoms with Gasteiger partial charge in [0.05, 0.1) is 13.7 Å². The van der Waals surface area contributed by atoms with Crippen LogP contribution in [0.3, 0.4) is 0 Å². The zero-order valence-electron chi connectivity index (χ0n) is 26.8. The fourth-order valence-electron chi connectivity index (χ4n) is 5.62. The summed E-state index contributed by atoms with van der Waals surface area (Å²) < 4.78 is 6.14. The molecule has 0 aliphatic rings. The van der Waals surface area contributed by atoms with Gasteiger partial charge in [-0.15, -0.1) is 0 Å². The molecule has 0 aliphatic heterocycles. The molecular formula is C34H55O2P. The number of aliphatic hydroxyl groups excluding tert-OH is 1. The molecule has 3 heteroatoms. The summed E-state index contributed by atoms with van der Waals surface area (Å²) in [5, 5.41) is 12.2. The first-order valence-corrected chi connectivity index (χ1v) is 15.1. The van der Waals surface area contributed by atoms with Crippen molar-refractivity contribution in [1.29, 1.82) is 0 Å². The monoisotopic (exact) mass is 526 g/mol. The highest BCUT2D eigenvalue weighted by Gasteiger charge is 2.41. The normalized spacial score (nSPS) is 13.9. The molecule has 0 spiro atoms. The third-order valence-corrected chi connectivity index (χ3v) is 10.6. The number of benzene rings is 2. The average Bonchev–Trinajstić information content (AvgIpc) is 2.68. The van der Waals surface area contributed by atoms with Crippen molar-refractivity contribution in [2.45, 2.75) is 137 Å². The fourth-order valence-corrected chi connectivity index (χ4v) is 9.84. The topological polar surface area (TPSA) is 29.5 Å². The van der Waals surface area contributed by atoms with Crippen LogP contribution in [0.25, 0.3) is 11.1 Å². The predicted molar refractivity (Wildman–Crippen MR) is 167 cm³/mol. The fraction of sp³-hybridized carbons (Fsp3) is 0.647. The molecule has 208 valence electrons. The lowest BCUT2D eigenvalue weighted by molar-refractivity contribution is 0.282. The smallest absolute Gasteiger partial charge is 0.127 e. The summed E-state index contributed by atoms with van der Waals surface area (Å²) >= 11 is 0. The SMILES string of the molecule is COc1ccc(CO)c(-c2c(C(C)(C)C)cc(C(C)(C)C)cc2C(C)(C)C)c1P(C(C)(C)C)C(C)(C)C. The summed E-state index contributed by atoms with van der Waals surface area (Å²) in [6, 6.07) is 9.03. The Hall–Kier alpha value is -1.37. The molecule has 0 aromatic heterocycles. The number of hydrogen-bond donors (Lipinski definition) is 1. The lowest BCUT2D eigenvalue weighted by atomic mass is 9.70. The number of ether oxygens (including phenoxy) is 1. The molecule has 0 aliphatic carbocycles. The van der Waals surface area contributed by atoms with Crippen LogP contribution in [0.15, 0.2) is 24.3 Å². The van der Waals surface area contributed by atoms with Gasteiger partial charge in [-0.1, -0.05) is 130 Å². The molecule has 0 bridgehead atoms. The second-order valence-electron chi connectivity index (χ2n) is 15.7. The number of hydrogen-bond acceptors (Lipinski definition) is 2. The van der Waals surface area contributed by atoms with Crippen molar-refractivity contribution < 1.29 is 9.84 Å². The van der Waals surface area contributed by atoms with Crippen LogP contribution in [0.5, 0.6) is 5.75 Å². The van der Waals surface area contributed by atoms with Crippen LogP contribution in [0.1, 0.15) is 126 Å². The molecule has 0 unspecified atom stereocenters. The Morgan fingerprint density at radius 1 is 0.649 bits per heavy atom. The molecule has 2 aromatic rings. The molecule has 0 radical (unpaired) electrons. The average molecular weight is 527 g/mol. The summed E-state index contributed by atoms with van der Waals surface area (Å²) in [5.41, 5.74) is 7.34. The van der Waals surface area contributed by atoms with Crippen LogP contribution in [-0.4, -0.2) is 22.5 Å². The van der Waals surface area contributed by atoms with Gasteiger partial charge in [0.25, 0.3) is 0 Å². The zero-order valence-corrected chi connectivity index (χ0v) is 27.7. The van der Waals surface area contributed by atoms with E-state index in [0.717, 1.165) is 11.3 Å². The van der Waals surface area contributed by atoms with E-state index in [2.05, 4.69) is 128 Å². The van der Waals surface area contributed by atoms with Crippen molar-refractivity contribution in [2.24, 2.45) is 0 Å². The van der Waals surface area contributed by atoms with Crippen molar-refractivity contribution in [1.82, 2.24) is 0 Å². The van der Waals surface area contributed by atoms with Gasteiger partial charge in [0.2, 0.25) is 0 Å². The van der Waals surface area contributed by atoms with Gasteiger partial charge in [0, 0.05) is 5.30 Å². The quantitative estimate of drug-likeness (QED) is 0.402. The molecule has 0 atom stereocenters. The molecule has 0 saturated carbocycles. The second-order valence-corrected chi connectivity index (χ2v) is 19.5. The molecule has 2 aromatic carbocycles. The van der Waals surface area contributed by atoms with Gasteiger partial charge in [0.1, 0.15) is 5.75 Å². The molecule has 2 rings (SSSR count). The maximum absolute atomic E-state index is 10.8. The summed E-state index contributed by atoms with van der Waals surface area (Å²) in [4.78, 5) is 0. The molecule has 0 saturated heterocycles. The lowest BCUT2D eigenvalue weighted by Gasteiger charge is -2.44. The van der Waals surface area contributed by atoms with E-state index in [-0.39, 0.29) is 33.2 Å². The minimum Gasteiger partial charge on any atom is -0.496 e. The molecule has 2 nitrogen and oxygen atoms in total. The number of methoxy groups -OCH3 is 1. The van der Waals surface area contributed by atoms with E-state index in [1.54, 1.807) is 7.11 Å². The zero-order chi connectivity index (χ0) is 28.9. The standard InChI is InChI=1S/C34H55O2P/c1-30(2,3)23-19-24(31(4,5)6)28(25(20-23)32(7,8)9)27-22(21-35)17-18-26(36-16)29(27)37(33(10,11)12)34(13,14)15/h17-20,35H,21H2,1-16H3. The summed E-state index contributed by atoms with van der Waals surface area (Å²) in [5.74, 6) is 0.933. The number of rotatable bonds is 4. The molecule has 0 heterocycles. The first kappa shape index (κ1) is 31.8. The van der Waals surface area contributed by atoms with Gasteiger partial charge in [-0.2, -0.15) is 0 Å². The summed E-state index contributed by atoms with van der Waals surface area (Å²) in [7, 11) is 1.10. The Labute approximate surface area is 230 Å². The van der Waals surface area contributed by atoms with E-state index >= 15 is 0 Å². The molecule has 1 N–H and O–H groups in total.